The number of halogens is 1. The smallest absolute Gasteiger partial charge is 0.170 e. The molecule has 6 heteroatoms. The summed E-state index contributed by atoms with van der Waals surface area (Å²) in [6, 6.07) is 12.3. The highest BCUT2D eigenvalue weighted by molar-refractivity contribution is 7.80. The van der Waals surface area contributed by atoms with Crippen molar-refractivity contribution in [1.29, 1.82) is 0 Å². The first-order valence-corrected chi connectivity index (χ1v) is 7.58. The zero-order valence-corrected chi connectivity index (χ0v) is 13.9. The van der Waals surface area contributed by atoms with E-state index in [2.05, 4.69) is 10.6 Å². The van der Waals surface area contributed by atoms with E-state index < -0.39 is 0 Å². The molecule has 0 aliphatic heterocycles. The van der Waals surface area contributed by atoms with Gasteiger partial charge in [-0.25, -0.2) is 4.39 Å². The van der Waals surface area contributed by atoms with Crippen molar-refractivity contribution in [2.45, 2.75) is 6.92 Å². The normalized spacial score (nSPS) is 10.0. The molecule has 2 rings (SSSR count). The highest BCUT2D eigenvalue weighted by Gasteiger charge is 2.03. The first-order chi connectivity index (χ1) is 11.1. The van der Waals surface area contributed by atoms with E-state index in [1.165, 1.54) is 6.07 Å². The van der Waals surface area contributed by atoms with Gasteiger partial charge in [0.05, 0.1) is 13.7 Å². The Balaban J connectivity index is 1.75. The predicted molar refractivity (Wildman–Crippen MR) is 93.8 cm³/mol. The van der Waals surface area contributed by atoms with Crippen LogP contribution in [0.1, 0.15) is 5.56 Å². The molecule has 0 atom stereocenters. The summed E-state index contributed by atoms with van der Waals surface area (Å²) in [5, 5.41) is 6.35. The van der Waals surface area contributed by atoms with Crippen molar-refractivity contribution in [2.24, 2.45) is 0 Å². The largest absolute Gasteiger partial charge is 0.493 e. The average molecular weight is 334 g/mol. The van der Waals surface area contributed by atoms with Crippen molar-refractivity contribution in [3.05, 3.63) is 53.8 Å². The number of rotatable bonds is 6. The second-order valence-corrected chi connectivity index (χ2v) is 5.25. The van der Waals surface area contributed by atoms with E-state index in [1.54, 1.807) is 26.2 Å². The molecule has 0 heterocycles. The fourth-order valence-corrected chi connectivity index (χ4v) is 2.13. The molecule has 0 aliphatic carbocycles. The summed E-state index contributed by atoms with van der Waals surface area (Å²) in [6.07, 6.45) is 0. The summed E-state index contributed by atoms with van der Waals surface area (Å²) in [6.45, 7) is 2.65. The quantitative estimate of drug-likeness (QED) is 0.625. The van der Waals surface area contributed by atoms with E-state index >= 15 is 0 Å². The lowest BCUT2D eigenvalue weighted by molar-refractivity contribution is 0.298. The minimum atomic E-state index is -0.266. The van der Waals surface area contributed by atoms with E-state index in [1.807, 2.05) is 24.3 Å². The maximum atomic E-state index is 13.5. The van der Waals surface area contributed by atoms with Crippen molar-refractivity contribution in [3.63, 3.8) is 0 Å². The molecular weight excluding hydrogens is 315 g/mol. The molecule has 0 unspecified atom stereocenters. The second-order valence-electron chi connectivity index (χ2n) is 4.84. The molecular formula is C17H19FN2O2S. The van der Waals surface area contributed by atoms with E-state index in [-0.39, 0.29) is 5.82 Å². The molecule has 0 fully saturated rings. The first kappa shape index (κ1) is 17.0. The molecule has 0 spiro atoms. The maximum absolute atomic E-state index is 13.5. The first-order valence-electron chi connectivity index (χ1n) is 7.17. The van der Waals surface area contributed by atoms with Gasteiger partial charge < -0.3 is 20.1 Å². The van der Waals surface area contributed by atoms with E-state index in [9.17, 15) is 4.39 Å². The lowest BCUT2D eigenvalue weighted by Gasteiger charge is -2.13. The third-order valence-corrected chi connectivity index (χ3v) is 3.39. The molecule has 2 N–H and O–H groups in total. The lowest BCUT2D eigenvalue weighted by atomic mass is 10.2. The molecule has 2 aromatic rings. The monoisotopic (exact) mass is 334 g/mol. The molecule has 0 aliphatic rings. The highest BCUT2D eigenvalue weighted by atomic mass is 32.1. The summed E-state index contributed by atoms with van der Waals surface area (Å²) in [4.78, 5) is 0. The second kappa shape index (κ2) is 8.33. The average Bonchev–Trinajstić information content (AvgIpc) is 2.55. The van der Waals surface area contributed by atoms with Crippen LogP contribution in [0.4, 0.5) is 10.1 Å². The molecule has 122 valence electrons. The summed E-state index contributed by atoms with van der Waals surface area (Å²) in [5.74, 6) is 1.09. The number of ether oxygens (including phenoxy) is 2. The predicted octanol–water partition coefficient (Wildman–Crippen LogP) is 3.51. The number of benzene rings is 2. The van der Waals surface area contributed by atoms with Crippen molar-refractivity contribution < 1.29 is 13.9 Å². The summed E-state index contributed by atoms with van der Waals surface area (Å²) < 4.78 is 24.3. The van der Waals surface area contributed by atoms with Crippen molar-refractivity contribution in [1.82, 2.24) is 5.32 Å². The van der Waals surface area contributed by atoms with Crippen LogP contribution in [-0.2, 0) is 0 Å². The molecule has 0 aromatic heterocycles. The number of thiocarbonyl (C=S) groups is 1. The lowest BCUT2D eigenvalue weighted by Crippen LogP contribution is -2.32. The summed E-state index contributed by atoms with van der Waals surface area (Å²) >= 11 is 5.17. The number of hydrogen-bond acceptors (Lipinski definition) is 3. The minimum Gasteiger partial charge on any atom is -0.493 e. The van der Waals surface area contributed by atoms with Crippen LogP contribution in [0.5, 0.6) is 11.5 Å². The molecule has 2 aromatic carbocycles. The Morgan fingerprint density at radius 1 is 1.17 bits per heavy atom. The van der Waals surface area contributed by atoms with Crippen LogP contribution in [0.25, 0.3) is 0 Å². The van der Waals surface area contributed by atoms with Gasteiger partial charge in [0.2, 0.25) is 0 Å². The Hall–Kier alpha value is -2.34. The summed E-state index contributed by atoms with van der Waals surface area (Å²) in [7, 11) is 1.60. The Morgan fingerprint density at radius 2 is 1.91 bits per heavy atom. The molecule has 0 saturated carbocycles. The Labute approximate surface area is 140 Å². The number of methoxy groups -OCH3 is 1. The van der Waals surface area contributed by atoms with Crippen molar-refractivity contribution in [3.8, 4) is 11.5 Å². The van der Waals surface area contributed by atoms with E-state index in [0.29, 0.717) is 41.0 Å². The fourth-order valence-electron chi connectivity index (χ4n) is 1.91. The van der Waals surface area contributed by atoms with Crippen LogP contribution >= 0.6 is 12.2 Å². The number of anilines is 1. The molecule has 4 nitrogen and oxygen atoms in total. The van der Waals surface area contributed by atoms with Gasteiger partial charge >= 0.3 is 0 Å². The summed E-state index contributed by atoms with van der Waals surface area (Å²) in [5.41, 5.74) is 1.20. The molecule has 0 radical (unpaired) electrons. The highest BCUT2D eigenvalue weighted by Crippen LogP contribution is 2.25. The van der Waals surface area contributed by atoms with Crippen LogP contribution in [0.2, 0.25) is 0 Å². The standard InChI is InChI=1S/C17H19FN2O2S/c1-12-7-8-13(11-14(12)18)20-17(23)19-9-10-22-16-6-4-3-5-15(16)21-2/h3-8,11H,9-10H2,1-2H3,(H2,19,20,23). The van der Waals surface area contributed by atoms with Gasteiger partial charge in [-0.1, -0.05) is 18.2 Å². The zero-order chi connectivity index (χ0) is 16.7. The van der Waals surface area contributed by atoms with Crippen LogP contribution in [0.15, 0.2) is 42.5 Å². The minimum absolute atomic E-state index is 0.266. The SMILES string of the molecule is COc1ccccc1OCCNC(=S)Nc1ccc(C)c(F)c1. The molecule has 0 saturated heterocycles. The van der Waals surface area contributed by atoms with Gasteiger partial charge in [-0.05, 0) is 49.0 Å². The molecule has 23 heavy (non-hydrogen) atoms. The van der Waals surface area contributed by atoms with Crippen LogP contribution < -0.4 is 20.1 Å². The number of aryl methyl sites for hydroxylation is 1. The van der Waals surface area contributed by atoms with Gasteiger partial charge in [-0.15, -0.1) is 0 Å². The van der Waals surface area contributed by atoms with Crippen LogP contribution in [-0.4, -0.2) is 25.4 Å². The number of nitrogens with one attached hydrogen (secondary N) is 2. The van der Waals surface area contributed by atoms with Gasteiger partial charge in [-0.3, -0.25) is 0 Å². The fraction of sp³-hybridized carbons (Fsp3) is 0.235. The third-order valence-electron chi connectivity index (χ3n) is 3.14. The van der Waals surface area contributed by atoms with Crippen molar-refractivity contribution in [2.75, 3.05) is 25.6 Å². The zero-order valence-electron chi connectivity index (χ0n) is 13.1. The van der Waals surface area contributed by atoms with Gasteiger partial charge in [0.25, 0.3) is 0 Å². The van der Waals surface area contributed by atoms with Gasteiger partial charge in [0, 0.05) is 5.69 Å². The molecule has 0 bridgehead atoms. The van der Waals surface area contributed by atoms with Crippen LogP contribution in [0, 0.1) is 12.7 Å². The van der Waals surface area contributed by atoms with Gasteiger partial charge in [0.15, 0.2) is 16.6 Å². The topological polar surface area (TPSA) is 42.5 Å². The van der Waals surface area contributed by atoms with E-state index in [4.69, 9.17) is 21.7 Å². The van der Waals surface area contributed by atoms with Gasteiger partial charge in [-0.2, -0.15) is 0 Å². The maximum Gasteiger partial charge on any atom is 0.170 e. The third kappa shape index (κ3) is 5.10. The van der Waals surface area contributed by atoms with Crippen molar-refractivity contribution >= 4 is 23.0 Å². The Bertz CT molecular complexity index is 679. The number of para-hydroxylation sites is 2. The Kier molecular flexibility index (Phi) is 6.17. The molecule has 0 amide bonds. The Morgan fingerprint density at radius 3 is 2.61 bits per heavy atom. The van der Waals surface area contributed by atoms with Gasteiger partial charge in [0.1, 0.15) is 12.4 Å². The number of hydrogen-bond donors (Lipinski definition) is 2. The van der Waals surface area contributed by atoms with Crippen LogP contribution in [0.3, 0.4) is 0 Å². The van der Waals surface area contributed by atoms with E-state index in [0.717, 1.165) is 0 Å².